The molecule has 0 radical (unpaired) electrons. The van der Waals surface area contributed by atoms with E-state index in [-0.39, 0.29) is 0 Å². The van der Waals surface area contributed by atoms with E-state index in [1.54, 1.807) is 7.11 Å². The first kappa shape index (κ1) is 9.91. The first-order valence-electron chi connectivity index (χ1n) is 4.88. The van der Waals surface area contributed by atoms with Crippen LogP contribution in [0.1, 0.15) is 25.0 Å². The maximum Gasteiger partial charge on any atom is 0.119 e. The van der Waals surface area contributed by atoms with Gasteiger partial charge >= 0.3 is 0 Å². The molecule has 0 N–H and O–H groups in total. The van der Waals surface area contributed by atoms with Gasteiger partial charge in [0.1, 0.15) is 5.75 Å². The molecule has 0 amide bonds. The third kappa shape index (κ3) is 1.63. The molecule has 2 heteroatoms. The molecule has 1 aromatic rings. The van der Waals surface area contributed by atoms with Crippen molar-refractivity contribution in [3.05, 3.63) is 29.3 Å². The van der Waals surface area contributed by atoms with Gasteiger partial charge < -0.3 is 4.74 Å². The molecular formula is C12H16OS. The van der Waals surface area contributed by atoms with Crippen molar-refractivity contribution < 1.29 is 4.74 Å². The summed E-state index contributed by atoms with van der Waals surface area (Å²) >= 11 is 2.01. The van der Waals surface area contributed by atoms with Gasteiger partial charge in [-0.1, -0.05) is 19.9 Å². The van der Waals surface area contributed by atoms with E-state index in [9.17, 15) is 0 Å². The first-order valence-corrected chi connectivity index (χ1v) is 6.04. The number of thioether (sulfide) groups is 1. The lowest BCUT2D eigenvalue weighted by Crippen LogP contribution is -2.25. The third-order valence-corrected chi connectivity index (χ3v) is 4.20. The van der Waals surface area contributed by atoms with Crippen molar-refractivity contribution in [1.82, 2.24) is 0 Å². The highest BCUT2D eigenvalue weighted by Gasteiger charge is 2.27. The van der Waals surface area contributed by atoms with Gasteiger partial charge in [0.15, 0.2) is 0 Å². The van der Waals surface area contributed by atoms with Gasteiger partial charge in [-0.2, -0.15) is 11.8 Å². The topological polar surface area (TPSA) is 9.23 Å². The van der Waals surface area contributed by atoms with E-state index < -0.39 is 0 Å². The van der Waals surface area contributed by atoms with Crippen LogP contribution in [0, 0.1) is 0 Å². The second-order valence-corrected chi connectivity index (χ2v) is 5.39. The molecule has 0 atom stereocenters. The summed E-state index contributed by atoms with van der Waals surface area (Å²) in [5.74, 6) is 3.31. The third-order valence-electron chi connectivity index (χ3n) is 2.76. The van der Waals surface area contributed by atoms with Crippen LogP contribution in [0.4, 0.5) is 0 Å². The number of methoxy groups -OCH3 is 1. The van der Waals surface area contributed by atoms with Crippen LogP contribution in [0.3, 0.4) is 0 Å². The lowest BCUT2D eigenvalue weighted by molar-refractivity contribution is 0.413. The highest BCUT2D eigenvalue weighted by molar-refractivity contribution is 7.98. The standard InChI is InChI=1S/C12H16OS/c1-12(2)8-14-7-9-6-10(13-3)4-5-11(9)12/h4-6H,7-8H2,1-3H3. The van der Waals surface area contributed by atoms with Crippen LogP contribution in [0.2, 0.25) is 0 Å². The zero-order valence-electron chi connectivity index (χ0n) is 8.96. The fourth-order valence-electron chi connectivity index (χ4n) is 1.97. The Morgan fingerprint density at radius 2 is 2.14 bits per heavy atom. The second-order valence-electron chi connectivity index (χ2n) is 4.40. The van der Waals surface area contributed by atoms with E-state index in [1.165, 1.54) is 16.9 Å². The normalized spacial score (nSPS) is 18.8. The summed E-state index contributed by atoms with van der Waals surface area (Å²) in [7, 11) is 1.73. The highest BCUT2D eigenvalue weighted by Crippen LogP contribution is 2.38. The van der Waals surface area contributed by atoms with E-state index in [0.717, 1.165) is 11.5 Å². The molecule has 0 unspecified atom stereocenters. The zero-order chi connectivity index (χ0) is 10.2. The summed E-state index contributed by atoms with van der Waals surface area (Å²) in [6.45, 7) is 4.62. The van der Waals surface area contributed by atoms with Crippen molar-refractivity contribution in [3.8, 4) is 5.75 Å². The Morgan fingerprint density at radius 1 is 1.36 bits per heavy atom. The largest absolute Gasteiger partial charge is 0.497 e. The van der Waals surface area contributed by atoms with Crippen LogP contribution < -0.4 is 4.74 Å². The van der Waals surface area contributed by atoms with Crippen molar-refractivity contribution in [3.63, 3.8) is 0 Å². The van der Waals surface area contributed by atoms with E-state index in [4.69, 9.17) is 4.74 Å². The summed E-state index contributed by atoms with van der Waals surface area (Å²) in [5, 5.41) is 0. The van der Waals surface area contributed by atoms with Crippen LogP contribution >= 0.6 is 11.8 Å². The molecule has 2 rings (SSSR count). The van der Waals surface area contributed by atoms with Crippen LogP contribution in [-0.2, 0) is 11.2 Å². The number of ether oxygens (including phenoxy) is 1. The van der Waals surface area contributed by atoms with Crippen molar-refractivity contribution in [2.24, 2.45) is 0 Å². The number of rotatable bonds is 1. The van der Waals surface area contributed by atoms with Gasteiger partial charge in [-0.25, -0.2) is 0 Å². The van der Waals surface area contributed by atoms with Crippen LogP contribution in [0.5, 0.6) is 5.75 Å². The van der Waals surface area contributed by atoms with Crippen molar-refractivity contribution in [2.45, 2.75) is 25.0 Å². The summed E-state index contributed by atoms with van der Waals surface area (Å²) in [4.78, 5) is 0. The molecule has 1 aliphatic rings. The van der Waals surface area contributed by atoms with Gasteiger partial charge in [-0.3, -0.25) is 0 Å². The predicted molar refractivity (Wildman–Crippen MR) is 62.2 cm³/mol. The molecule has 1 nitrogen and oxygen atoms in total. The number of hydrogen-bond donors (Lipinski definition) is 0. The Labute approximate surface area is 89.9 Å². The molecule has 0 aliphatic carbocycles. The van der Waals surface area contributed by atoms with Crippen LogP contribution in [0.25, 0.3) is 0 Å². The van der Waals surface area contributed by atoms with Gasteiger partial charge in [-0.15, -0.1) is 0 Å². The van der Waals surface area contributed by atoms with Gasteiger partial charge in [0.2, 0.25) is 0 Å². The van der Waals surface area contributed by atoms with E-state index in [1.807, 2.05) is 11.8 Å². The molecular weight excluding hydrogens is 192 g/mol. The highest BCUT2D eigenvalue weighted by atomic mass is 32.2. The summed E-state index contributed by atoms with van der Waals surface area (Å²) in [6.07, 6.45) is 0. The molecule has 0 bridgehead atoms. The molecule has 76 valence electrons. The molecule has 0 spiro atoms. The zero-order valence-corrected chi connectivity index (χ0v) is 9.78. The minimum atomic E-state index is 0.310. The maximum absolute atomic E-state index is 5.24. The van der Waals surface area contributed by atoms with Crippen molar-refractivity contribution in [1.29, 1.82) is 0 Å². The minimum absolute atomic E-state index is 0.310. The molecule has 1 heterocycles. The quantitative estimate of drug-likeness (QED) is 0.701. The van der Waals surface area contributed by atoms with E-state index in [0.29, 0.717) is 5.41 Å². The predicted octanol–water partition coefficient (Wildman–Crippen LogP) is 3.22. The van der Waals surface area contributed by atoms with Gasteiger partial charge in [0, 0.05) is 11.5 Å². The Kier molecular flexibility index (Phi) is 2.48. The number of hydrogen-bond acceptors (Lipinski definition) is 2. The number of fused-ring (bicyclic) bond motifs is 1. The van der Waals surface area contributed by atoms with Gasteiger partial charge in [0.05, 0.1) is 7.11 Å². The first-order chi connectivity index (χ1) is 6.63. The maximum atomic E-state index is 5.24. The minimum Gasteiger partial charge on any atom is -0.497 e. The molecule has 0 fully saturated rings. The lowest BCUT2D eigenvalue weighted by Gasteiger charge is -2.32. The smallest absolute Gasteiger partial charge is 0.119 e. The molecule has 0 saturated carbocycles. The molecule has 0 aromatic heterocycles. The monoisotopic (exact) mass is 208 g/mol. The molecule has 1 aromatic carbocycles. The van der Waals surface area contributed by atoms with E-state index >= 15 is 0 Å². The van der Waals surface area contributed by atoms with Gasteiger partial charge in [-0.05, 0) is 28.7 Å². The molecule has 14 heavy (non-hydrogen) atoms. The summed E-state index contributed by atoms with van der Waals surface area (Å²) in [6, 6.07) is 6.45. The summed E-state index contributed by atoms with van der Waals surface area (Å²) < 4.78 is 5.24. The van der Waals surface area contributed by atoms with E-state index in [2.05, 4.69) is 32.0 Å². The Morgan fingerprint density at radius 3 is 2.86 bits per heavy atom. The van der Waals surface area contributed by atoms with Crippen LogP contribution in [0.15, 0.2) is 18.2 Å². The number of benzene rings is 1. The van der Waals surface area contributed by atoms with Crippen LogP contribution in [-0.4, -0.2) is 12.9 Å². The molecule has 1 aliphatic heterocycles. The SMILES string of the molecule is COc1ccc2c(c1)CSCC2(C)C. The van der Waals surface area contributed by atoms with Crippen molar-refractivity contribution in [2.75, 3.05) is 12.9 Å². The fourth-order valence-corrected chi connectivity index (χ4v) is 3.20. The Balaban J connectivity index is 2.46. The average Bonchev–Trinajstić information content (AvgIpc) is 2.16. The fraction of sp³-hybridized carbons (Fsp3) is 0.500. The Hall–Kier alpha value is -0.630. The average molecular weight is 208 g/mol. The molecule has 0 saturated heterocycles. The summed E-state index contributed by atoms with van der Waals surface area (Å²) in [5.41, 5.74) is 3.23. The Bertz CT molecular complexity index is 344. The lowest BCUT2D eigenvalue weighted by atomic mass is 9.83. The van der Waals surface area contributed by atoms with Gasteiger partial charge in [0.25, 0.3) is 0 Å². The second kappa shape index (κ2) is 3.50. The van der Waals surface area contributed by atoms with Crippen molar-refractivity contribution >= 4 is 11.8 Å².